The highest BCUT2D eigenvalue weighted by Crippen LogP contribution is 2.07. The van der Waals surface area contributed by atoms with E-state index in [9.17, 15) is 4.79 Å². The number of aromatic carboxylic acids is 1. The summed E-state index contributed by atoms with van der Waals surface area (Å²) in [6.45, 7) is 1.62. The number of rotatable bonds is 2. The maximum absolute atomic E-state index is 10.4. The maximum Gasteiger partial charge on any atom is 0.354 e. The van der Waals surface area contributed by atoms with Crippen LogP contribution >= 0.6 is 0 Å². The van der Waals surface area contributed by atoms with Gasteiger partial charge in [0.2, 0.25) is 0 Å². The van der Waals surface area contributed by atoms with Crippen LogP contribution in [0.3, 0.4) is 0 Å². The quantitative estimate of drug-likeness (QED) is 0.675. The average Bonchev–Trinajstić information content (AvgIpc) is 2.04. The minimum absolute atomic E-state index is 0.00435. The van der Waals surface area contributed by atoms with Crippen LogP contribution < -0.4 is 0 Å². The van der Waals surface area contributed by atoms with E-state index in [4.69, 9.17) is 10.2 Å². The second kappa shape index (κ2) is 3.32. The van der Waals surface area contributed by atoms with E-state index in [1.54, 1.807) is 6.92 Å². The lowest BCUT2D eigenvalue weighted by Crippen LogP contribution is -2.02. The third-order valence-electron chi connectivity index (χ3n) is 1.61. The minimum atomic E-state index is -1.05. The SMILES string of the molecule is Cc1cc(C(=O)O)ncc1CO. The molecule has 0 radical (unpaired) electrons. The Kier molecular flexibility index (Phi) is 2.40. The van der Waals surface area contributed by atoms with Crippen LogP contribution in [-0.4, -0.2) is 21.2 Å². The number of carboxylic acid groups (broad SMARTS) is 1. The molecule has 1 heterocycles. The molecule has 4 nitrogen and oxygen atoms in total. The van der Waals surface area contributed by atoms with Gasteiger partial charge in [-0.15, -0.1) is 0 Å². The number of hydrogen-bond acceptors (Lipinski definition) is 3. The molecule has 12 heavy (non-hydrogen) atoms. The number of aliphatic hydroxyl groups is 1. The largest absolute Gasteiger partial charge is 0.477 e. The zero-order valence-corrected chi connectivity index (χ0v) is 6.61. The first kappa shape index (κ1) is 8.67. The molecule has 1 rings (SSSR count). The maximum atomic E-state index is 10.4. The lowest BCUT2D eigenvalue weighted by molar-refractivity contribution is 0.0690. The van der Waals surface area contributed by atoms with Gasteiger partial charge in [0.05, 0.1) is 6.61 Å². The minimum Gasteiger partial charge on any atom is -0.477 e. The number of aromatic nitrogens is 1. The average molecular weight is 167 g/mol. The number of aryl methyl sites for hydroxylation is 1. The van der Waals surface area contributed by atoms with E-state index in [2.05, 4.69) is 4.98 Å². The number of nitrogens with zero attached hydrogens (tertiary/aromatic N) is 1. The monoisotopic (exact) mass is 167 g/mol. The Morgan fingerprint density at radius 2 is 2.33 bits per heavy atom. The van der Waals surface area contributed by atoms with Crippen LogP contribution in [0, 0.1) is 6.92 Å². The molecule has 0 spiro atoms. The number of hydrogen-bond donors (Lipinski definition) is 2. The lowest BCUT2D eigenvalue weighted by Gasteiger charge is -2.01. The standard InChI is InChI=1S/C8H9NO3/c1-5-2-7(8(11)12)9-3-6(5)4-10/h2-3,10H,4H2,1H3,(H,11,12). The Balaban J connectivity index is 3.10. The van der Waals surface area contributed by atoms with Gasteiger partial charge < -0.3 is 10.2 Å². The molecule has 0 aromatic carbocycles. The van der Waals surface area contributed by atoms with E-state index in [-0.39, 0.29) is 12.3 Å². The number of aliphatic hydroxyl groups excluding tert-OH is 1. The van der Waals surface area contributed by atoms with E-state index in [1.165, 1.54) is 12.3 Å². The van der Waals surface area contributed by atoms with Gasteiger partial charge in [-0.3, -0.25) is 0 Å². The van der Waals surface area contributed by atoms with Gasteiger partial charge in [0.15, 0.2) is 0 Å². The number of carboxylic acids is 1. The van der Waals surface area contributed by atoms with Crippen molar-refractivity contribution in [2.45, 2.75) is 13.5 Å². The molecule has 0 amide bonds. The Morgan fingerprint density at radius 3 is 2.75 bits per heavy atom. The molecule has 0 atom stereocenters. The molecule has 0 saturated carbocycles. The van der Waals surface area contributed by atoms with Crippen molar-refractivity contribution >= 4 is 5.97 Å². The summed E-state index contributed by atoms with van der Waals surface area (Å²) in [7, 11) is 0. The summed E-state index contributed by atoms with van der Waals surface area (Å²) in [5.74, 6) is -1.05. The summed E-state index contributed by atoms with van der Waals surface area (Å²) in [6.07, 6.45) is 1.37. The molecule has 4 heteroatoms. The van der Waals surface area contributed by atoms with Crippen molar-refractivity contribution in [1.82, 2.24) is 4.98 Å². The normalized spacial score (nSPS) is 9.83. The summed E-state index contributed by atoms with van der Waals surface area (Å²) in [5.41, 5.74) is 1.40. The summed E-state index contributed by atoms with van der Waals surface area (Å²) < 4.78 is 0. The van der Waals surface area contributed by atoms with Crippen molar-refractivity contribution in [3.05, 3.63) is 29.1 Å². The van der Waals surface area contributed by atoms with Gasteiger partial charge in [-0.1, -0.05) is 0 Å². The molecular weight excluding hydrogens is 158 g/mol. The fourth-order valence-electron chi connectivity index (χ4n) is 0.867. The molecule has 0 aliphatic heterocycles. The molecular formula is C8H9NO3. The van der Waals surface area contributed by atoms with Crippen molar-refractivity contribution in [3.63, 3.8) is 0 Å². The first-order valence-corrected chi connectivity index (χ1v) is 3.45. The first-order valence-electron chi connectivity index (χ1n) is 3.45. The highest BCUT2D eigenvalue weighted by atomic mass is 16.4. The second-order valence-corrected chi connectivity index (χ2v) is 2.46. The predicted molar refractivity (Wildman–Crippen MR) is 41.9 cm³/mol. The van der Waals surface area contributed by atoms with Crippen molar-refractivity contribution in [2.24, 2.45) is 0 Å². The molecule has 0 unspecified atom stereocenters. The van der Waals surface area contributed by atoms with E-state index in [0.29, 0.717) is 5.56 Å². The van der Waals surface area contributed by atoms with E-state index in [0.717, 1.165) is 5.56 Å². The fourth-order valence-corrected chi connectivity index (χ4v) is 0.867. The van der Waals surface area contributed by atoms with Gasteiger partial charge >= 0.3 is 5.97 Å². The van der Waals surface area contributed by atoms with Gasteiger partial charge in [0.1, 0.15) is 5.69 Å². The third kappa shape index (κ3) is 1.60. The highest BCUT2D eigenvalue weighted by molar-refractivity contribution is 5.85. The fraction of sp³-hybridized carbons (Fsp3) is 0.250. The van der Waals surface area contributed by atoms with Gasteiger partial charge in [-0.2, -0.15) is 0 Å². The highest BCUT2D eigenvalue weighted by Gasteiger charge is 2.05. The van der Waals surface area contributed by atoms with Gasteiger partial charge in [0, 0.05) is 6.20 Å². The van der Waals surface area contributed by atoms with Crippen LogP contribution in [0.5, 0.6) is 0 Å². The molecule has 2 N–H and O–H groups in total. The van der Waals surface area contributed by atoms with Crippen molar-refractivity contribution in [1.29, 1.82) is 0 Å². The smallest absolute Gasteiger partial charge is 0.354 e. The molecule has 1 aromatic rings. The molecule has 0 saturated heterocycles. The first-order chi connectivity index (χ1) is 5.65. The van der Waals surface area contributed by atoms with Crippen molar-refractivity contribution in [2.75, 3.05) is 0 Å². The zero-order valence-electron chi connectivity index (χ0n) is 6.61. The molecule has 64 valence electrons. The summed E-state index contributed by atoms with van der Waals surface area (Å²) in [4.78, 5) is 14.1. The molecule has 0 aliphatic carbocycles. The number of pyridine rings is 1. The molecule has 0 fully saturated rings. The van der Waals surface area contributed by atoms with Crippen molar-refractivity contribution in [3.8, 4) is 0 Å². The van der Waals surface area contributed by atoms with Gasteiger partial charge in [-0.05, 0) is 24.1 Å². The lowest BCUT2D eigenvalue weighted by atomic mass is 10.1. The third-order valence-corrected chi connectivity index (χ3v) is 1.61. The van der Waals surface area contributed by atoms with Crippen LogP contribution in [0.25, 0.3) is 0 Å². The van der Waals surface area contributed by atoms with Crippen molar-refractivity contribution < 1.29 is 15.0 Å². The predicted octanol–water partition coefficient (Wildman–Crippen LogP) is 0.581. The summed E-state index contributed by atoms with van der Waals surface area (Å²) >= 11 is 0. The van der Waals surface area contributed by atoms with Crippen LogP contribution in [-0.2, 0) is 6.61 Å². The Labute approximate surface area is 69.5 Å². The molecule has 1 aromatic heterocycles. The Morgan fingerprint density at radius 1 is 1.67 bits per heavy atom. The van der Waals surface area contributed by atoms with Crippen LogP contribution in [0.4, 0.5) is 0 Å². The van der Waals surface area contributed by atoms with E-state index < -0.39 is 5.97 Å². The topological polar surface area (TPSA) is 70.4 Å². The Bertz CT molecular complexity index is 309. The van der Waals surface area contributed by atoms with Crippen LogP contribution in [0.1, 0.15) is 21.6 Å². The number of carbonyl (C=O) groups is 1. The second-order valence-electron chi connectivity index (χ2n) is 2.46. The van der Waals surface area contributed by atoms with E-state index >= 15 is 0 Å². The molecule has 0 bridgehead atoms. The van der Waals surface area contributed by atoms with Crippen LogP contribution in [0.2, 0.25) is 0 Å². The summed E-state index contributed by atoms with van der Waals surface area (Å²) in [5, 5.41) is 17.3. The zero-order chi connectivity index (χ0) is 9.14. The van der Waals surface area contributed by atoms with Gasteiger partial charge in [0.25, 0.3) is 0 Å². The van der Waals surface area contributed by atoms with Gasteiger partial charge in [-0.25, -0.2) is 9.78 Å². The Hall–Kier alpha value is -1.42. The van der Waals surface area contributed by atoms with E-state index in [1.807, 2.05) is 0 Å². The van der Waals surface area contributed by atoms with Crippen LogP contribution in [0.15, 0.2) is 12.3 Å². The molecule has 0 aliphatic rings. The summed E-state index contributed by atoms with van der Waals surface area (Å²) in [6, 6.07) is 1.44.